The summed E-state index contributed by atoms with van der Waals surface area (Å²) in [5.41, 5.74) is 1.95. The van der Waals surface area contributed by atoms with E-state index in [4.69, 9.17) is 4.74 Å². The summed E-state index contributed by atoms with van der Waals surface area (Å²) in [5, 5.41) is 52.9. The number of phenolic OH excluding ortho intramolecular Hbond substituents is 1. The molecule has 0 amide bonds. The van der Waals surface area contributed by atoms with Crippen molar-refractivity contribution in [3.8, 4) is 5.75 Å². The van der Waals surface area contributed by atoms with Gasteiger partial charge in [-0.3, -0.25) is 4.79 Å². The predicted octanol–water partition coefficient (Wildman–Crippen LogP) is 1.13. The lowest BCUT2D eigenvalue weighted by Gasteiger charge is -2.28. The van der Waals surface area contributed by atoms with E-state index >= 15 is 0 Å². The first kappa shape index (κ1) is 28.3. The quantitative estimate of drug-likeness (QED) is 0.289. The van der Waals surface area contributed by atoms with E-state index in [-0.39, 0.29) is 29.5 Å². The maximum absolute atomic E-state index is 12.2. The van der Waals surface area contributed by atoms with Crippen LogP contribution >= 0.6 is 0 Å². The molecule has 0 spiro atoms. The fourth-order valence-corrected chi connectivity index (χ4v) is 3.36. The number of esters is 1. The number of phenols is 1. The van der Waals surface area contributed by atoms with E-state index in [9.17, 15) is 30.3 Å². The minimum atomic E-state index is -1.66. The fourth-order valence-electron chi connectivity index (χ4n) is 3.36. The molecular formula is C24H41NO7. The van der Waals surface area contributed by atoms with Crippen LogP contribution in [0.5, 0.6) is 5.75 Å². The second-order valence-corrected chi connectivity index (χ2v) is 10.4. The summed E-state index contributed by atoms with van der Waals surface area (Å²) in [4.78, 5) is 12.2. The highest BCUT2D eigenvalue weighted by Gasteiger charge is 2.31. The summed E-state index contributed by atoms with van der Waals surface area (Å²) in [6, 6.07) is 3.80. The smallest absolute Gasteiger partial charge is 0.306 e. The Hall–Kier alpha value is -1.71. The van der Waals surface area contributed by atoms with Crippen molar-refractivity contribution in [1.29, 1.82) is 0 Å². The van der Waals surface area contributed by atoms with Gasteiger partial charge in [-0.15, -0.1) is 0 Å². The first-order valence-electron chi connectivity index (χ1n) is 11.0. The van der Waals surface area contributed by atoms with Gasteiger partial charge in [0.2, 0.25) is 0 Å². The van der Waals surface area contributed by atoms with Crippen LogP contribution in [0.25, 0.3) is 0 Å². The summed E-state index contributed by atoms with van der Waals surface area (Å²) >= 11 is 0. The maximum Gasteiger partial charge on any atom is 0.306 e. The molecule has 0 unspecified atom stereocenters. The van der Waals surface area contributed by atoms with Crippen molar-refractivity contribution < 1.29 is 35.1 Å². The summed E-state index contributed by atoms with van der Waals surface area (Å²) in [5.74, 6) is -0.295. The third-order valence-corrected chi connectivity index (χ3v) is 5.37. The lowest BCUT2D eigenvalue weighted by atomic mass is 9.78. The lowest BCUT2D eigenvalue weighted by Crippen LogP contribution is -2.49. The van der Waals surface area contributed by atoms with E-state index in [1.165, 1.54) is 0 Å². The van der Waals surface area contributed by atoms with E-state index < -0.39 is 37.0 Å². The van der Waals surface area contributed by atoms with Gasteiger partial charge in [-0.05, 0) is 41.0 Å². The molecule has 0 aromatic heterocycles. The number of rotatable bonds is 10. The van der Waals surface area contributed by atoms with Crippen LogP contribution in [-0.2, 0) is 26.8 Å². The number of carbonyl (C=O) groups is 1. The van der Waals surface area contributed by atoms with Crippen LogP contribution in [0.2, 0.25) is 0 Å². The zero-order chi connectivity index (χ0) is 24.9. The van der Waals surface area contributed by atoms with Gasteiger partial charge in [0.1, 0.15) is 30.7 Å². The standard InChI is InChI=1S/C24H41NO7/c1-23(2,3)15-10-14(11-16(20(15)29)24(4,5)6)8-9-19(28)32-13-18(27)22(31)21(30)17(26)12-25-7/h10-11,17-18,21-22,25-27,29-31H,8-9,12-13H2,1-7H3/t17-,18-,21-,22+/m0/s1. The number of nitrogens with one attached hydrogen (secondary N) is 1. The van der Waals surface area contributed by atoms with Crippen molar-refractivity contribution in [1.82, 2.24) is 5.32 Å². The van der Waals surface area contributed by atoms with Gasteiger partial charge >= 0.3 is 5.97 Å². The van der Waals surface area contributed by atoms with Crippen molar-refractivity contribution in [2.24, 2.45) is 0 Å². The zero-order valence-corrected chi connectivity index (χ0v) is 20.3. The van der Waals surface area contributed by atoms with Crippen LogP contribution in [0.4, 0.5) is 0 Å². The summed E-state index contributed by atoms with van der Waals surface area (Å²) in [6.07, 6.45) is -5.62. The van der Waals surface area contributed by atoms with Crippen LogP contribution in [0.3, 0.4) is 0 Å². The van der Waals surface area contributed by atoms with Crippen LogP contribution in [0.1, 0.15) is 64.7 Å². The Kier molecular flexibility index (Phi) is 10.1. The molecule has 184 valence electrons. The Morgan fingerprint density at radius 1 is 0.938 bits per heavy atom. The molecule has 1 aromatic carbocycles. The number of likely N-dealkylation sites (N-methyl/N-ethyl adjacent to an activating group) is 1. The Morgan fingerprint density at radius 3 is 1.84 bits per heavy atom. The average Bonchev–Trinajstić information content (AvgIpc) is 2.68. The molecule has 8 heteroatoms. The number of hydrogen-bond acceptors (Lipinski definition) is 8. The topological polar surface area (TPSA) is 139 Å². The second-order valence-electron chi connectivity index (χ2n) is 10.4. The van der Waals surface area contributed by atoms with Crippen molar-refractivity contribution in [2.75, 3.05) is 20.2 Å². The van der Waals surface area contributed by atoms with Gasteiger partial charge in [-0.1, -0.05) is 53.7 Å². The summed E-state index contributed by atoms with van der Waals surface area (Å²) in [7, 11) is 1.57. The lowest BCUT2D eigenvalue weighted by molar-refractivity contribution is -0.154. The summed E-state index contributed by atoms with van der Waals surface area (Å²) in [6.45, 7) is 11.6. The Labute approximate surface area is 191 Å². The van der Waals surface area contributed by atoms with Crippen molar-refractivity contribution >= 4 is 5.97 Å². The fraction of sp³-hybridized carbons (Fsp3) is 0.708. The molecule has 0 aliphatic rings. The molecular weight excluding hydrogens is 414 g/mol. The van der Waals surface area contributed by atoms with Gasteiger partial charge in [0.05, 0.1) is 6.10 Å². The highest BCUT2D eigenvalue weighted by molar-refractivity contribution is 5.69. The average molecular weight is 456 g/mol. The summed E-state index contributed by atoms with van der Waals surface area (Å²) < 4.78 is 5.05. The number of aliphatic hydroxyl groups excluding tert-OH is 4. The molecule has 0 saturated heterocycles. The van der Waals surface area contributed by atoms with Gasteiger partial charge in [-0.25, -0.2) is 0 Å². The van der Waals surface area contributed by atoms with Crippen molar-refractivity contribution in [3.05, 3.63) is 28.8 Å². The Bertz CT molecular complexity index is 717. The normalized spacial score (nSPS) is 16.3. The zero-order valence-electron chi connectivity index (χ0n) is 20.3. The van der Waals surface area contributed by atoms with E-state index in [0.717, 1.165) is 16.7 Å². The molecule has 0 aliphatic heterocycles. The highest BCUT2D eigenvalue weighted by atomic mass is 16.5. The maximum atomic E-state index is 12.2. The molecule has 0 radical (unpaired) electrons. The van der Waals surface area contributed by atoms with Crippen LogP contribution in [-0.4, -0.2) is 76.1 Å². The van der Waals surface area contributed by atoms with Gasteiger partial charge in [0, 0.05) is 13.0 Å². The monoisotopic (exact) mass is 455 g/mol. The van der Waals surface area contributed by atoms with Gasteiger partial charge in [0.25, 0.3) is 0 Å². The first-order valence-corrected chi connectivity index (χ1v) is 11.0. The Morgan fingerprint density at radius 2 is 1.41 bits per heavy atom. The van der Waals surface area contributed by atoms with E-state index in [2.05, 4.69) is 5.32 Å². The second kappa shape index (κ2) is 11.4. The molecule has 0 heterocycles. The molecule has 8 nitrogen and oxygen atoms in total. The molecule has 4 atom stereocenters. The number of aryl methyl sites for hydroxylation is 1. The minimum Gasteiger partial charge on any atom is -0.507 e. The highest BCUT2D eigenvalue weighted by Crippen LogP contribution is 2.40. The molecule has 32 heavy (non-hydrogen) atoms. The van der Waals surface area contributed by atoms with E-state index in [0.29, 0.717) is 6.42 Å². The van der Waals surface area contributed by atoms with E-state index in [1.807, 2.05) is 53.7 Å². The molecule has 0 saturated carbocycles. The number of aromatic hydroxyl groups is 1. The van der Waals surface area contributed by atoms with Gasteiger partial charge in [0.15, 0.2) is 0 Å². The number of carbonyl (C=O) groups excluding carboxylic acids is 1. The van der Waals surface area contributed by atoms with Crippen LogP contribution < -0.4 is 5.32 Å². The minimum absolute atomic E-state index is 0.0322. The van der Waals surface area contributed by atoms with Crippen LogP contribution in [0.15, 0.2) is 12.1 Å². The largest absolute Gasteiger partial charge is 0.507 e. The van der Waals surface area contributed by atoms with Gasteiger partial charge in [-0.2, -0.15) is 0 Å². The Balaban J connectivity index is 2.79. The molecule has 0 bridgehead atoms. The van der Waals surface area contributed by atoms with Crippen molar-refractivity contribution in [3.63, 3.8) is 0 Å². The molecule has 0 aliphatic carbocycles. The predicted molar refractivity (Wildman–Crippen MR) is 123 cm³/mol. The number of aliphatic hydroxyl groups is 4. The third-order valence-electron chi connectivity index (χ3n) is 5.37. The number of hydrogen-bond donors (Lipinski definition) is 6. The molecule has 1 rings (SSSR count). The SMILES string of the molecule is CNC[C@H](O)[C@H](O)[C@H](O)[C@@H](O)COC(=O)CCc1cc(C(C)(C)C)c(O)c(C(C)(C)C)c1. The van der Waals surface area contributed by atoms with Crippen LogP contribution in [0, 0.1) is 0 Å². The first-order chi connectivity index (χ1) is 14.6. The number of benzene rings is 1. The van der Waals surface area contributed by atoms with Gasteiger partial charge < -0.3 is 35.6 Å². The molecule has 1 aromatic rings. The van der Waals surface area contributed by atoms with Crippen molar-refractivity contribution in [2.45, 2.75) is 89.6 Å². The number of ether oxygens (including phenoxy) is 1. The molecule has 6 N–H and O–H groups in total. The van der Waals surface area contributed by atoms with E-state index in [1.54, 1.807) is 7.05 Å². The molecule has 0 fully saturated rings. The third kappa shape index (κ3) is 8.01.